The number of nitrogens with one attached hydrogen (secondary N) is 1. The predicted molar refractivity (Wildman–Crippen MR) is 139 cm³/mol. The van der Waals surface area contributed by atoms with Gasteiger partial charge in [-0.3, -0.25) is 9.69 Å². The molecule has 0 aromatic heterocycles. The molecule has 1 aliphatic carbocycles. The maximum absolute atomic E-state index is 13.0. The van der Waals surface area contributed by atoms with Crippen LogP contribution >= 0.6 is 0 Å². The van der Waals surface area contributed by atoms with Crippen molar-refractivity contribution < 1.29 is 23.7 Å². The minimum Gasteiger partial charge on any atom is -0.493 e. The van der Waals surface area contributed by atoms with Gasteiger partial charge in [0.2, 0.25) is 11.7 Å². The van der Waals surface area contributed by atoms with E-state index in [0.717, 1.165) is 58.2 Å². The first-order valence-electron chi connectivity index (χ1n) is 12.7. The smallest absolute Gasteiger partial charge is 0.225 e. The van der Waals surface area contributed by atoms with Gasteiger partial charge in [0, 0.05) is 43.2 Å². The molecule has 1 aliphatic heterocycles. The normalized spacial score (nSPS) is 17.0. The lowest BCUT2D eigenvalue weighted by atomic mass is 9.86. The second kappa shape index (κ2) is 12.9. The zero-order chi connectivity index (χ0) is 25.3. The molecule has 0 atom stereocenters. The molecule has 0 unspecified atom stereocenters. The van der Waals surface area contributed by atoms with Crippen LogP contribution in [0, 0.1) is 5.41 Å². The second-order valence-electron chi connectivity index (χ2n) is 9.98. The van der Waals surface area contributed by atoms with E-state index in [9.17, 15) is 4.79 Å². The summed E-state index contributed by atoms with van der Waals surface area (Å²) in [6, 6.07) is 3.82. The molecule has 0 spiro atoms. The van der Waals surface area contributed by atoms with E-state index in [1.807, 2.05) is 13.8 Å². The standard InChI is InChI=1S/C28H42N2O5/c1-28(2,14-9-17-35-23-18-24(32-3)26(34-5)25(19-23)33-4)27(31)29-22-12-15-30(16-13-22)20-21-10-7-6-8-11-21/h7,10-11,18-19,22H,6,8-9,12-17,20H2,1-5H3,(H,29,31). The fourth-order valence-electron chi connectivity index (χ4n) is 4.62. The molecule has 7 nitrogen and oxygen atoms in total. The predicted octanol–water partition coefficient (Wildman–Crippen LogP) is 4.75. The van der Waals surface area contributed by atoms with Crippen molar-refractivity contribution in [2.75, 3.05) is 47.6 Å². The van der Waals surface area contributed by atoms with Gasteiger partial charge in [-0.2, -0.15) is 0 Å². The zero-order valence-electron chi connectivity index (χ0n) is 22.0. The lowest BCUT2D eigenvalue weighted by Gasteiger charge is -2.34. The van der Waals surface area contributed by atoms with Gasteiger partial charge in [-0.1, -0.05) is 32.1 Å². The molecule has 1 fully saturated rings. The molecule has 1 N–H and O–H groups in total. The Hall–Kier alpha value is -2.67. The van der Waals surface area contributed by atoms with E-state index < -0.39 is 5.41 Å². The minimum absolute atomic E-state index is 0.127. The average molecular weight is 487 g/mol. The zero-order valence-corrected chi connectivity index (χ0v) is 22.0. The Morgan fingerprint density at radius 3 is 2.31 bits per heavy atom. The van der Waals surface area contributed by atoms with E-state index in [-0.39, 0.29) is 11.9 Å². The summed E-state index contributed by atoms with van der Waals surface area (Å²) >= 11 is 0. The van der Waals surface area contributed by atoms with Crippen LogP contribution in [0.1, 0.15) is 52.4 Å². The van der Waals surface area contributed by atoms with Crippen molar-refractivity contribution in [3.05, 3.63) is 35.9 Å². The Morgan fingerprint density at radius 2 is 1.74 bits per heavy atom. The Labute approximate surface area is 210 Å². The number of ether oxygens (including phenoxy) is 4. The van der Waals surface area contributed by atoms with Gasteiger partial charge < -0.3 is 24.3 Å². The van der Waals surface area contributed by atoms with Gasteiger partial charge in [-0.05, 0) is 44.1 Å². The van der Waals surface area contributed by atoms with Crippen LogP contribution in [0.25, 0.3) is 0 Å². The summed E-state index contributed by atoms with van der Waals surface area (Å²) < 4.78 is 22.0. The highest BCUT2D eigenvalue weighted by molar-refractivity contribution is 5.82. The van der Waals surface area contributed by atoms with Crippen LogP contribution in [0.15, 0.2) is 35.9 Å². The van der Waals surface area contributed by atoms with Crippen LogP contribution in [0.4, 0.5) is 0 Å². The second-order valence-corrected chi connectivity index (χ2v) is 9.98. The van der Waals surface area contributed by atoms with E-state index in [2.05, 4.69) is 28.4 Å². The van der Waals surface area contributed by atoms with Gasteiger partial charge in [-0.25, -0.2) is 0 Å². The molecular formula is C28H42N2O5. The highest BCUT2D eigenvalue weighted by atomic mass is 16.5. The number of methoxy groups -OCH3 is 3. The lowest BCUT2D eigenvalue weighted by Crippen LogP contribution is -2.48. The number of amides is 1. The van der Waals surface area contributed by atoms with Crippen LogP contribution in [-0.4, -0.2) is 64.4 Å². The van der Waals surface area contributed by atoms with Crippen molar-refractivity contribution in [1.29, 1.82) is 0 Å². The highest BCUT2D eigenvalue weighted by Gasteiger charge is 2.30. The van der Waals surface area contributed by atoms with Crippen molar-refractivity contribution in [3.8, 4) is 23.0 Å². The molecule has 1 saturated heterocycles. The summed E-state index contributed by atoms with van der Waals surface area (Å²) in [5.41, 5.74) is 0.974. The van der Waals surface area contributed by atoms with Gasteiger partial charge >= 0.3 is 0 Å². The van der Waals surface area contributed by atoms with E-state index in [4.69, 9.17) is 18.9 Å². The first-order chi connectivity index (χ1) is 16.9. The molecular weight excluding hydrogens is 444 g/mol. The monoisotopic (exact) mass is 486 g/mol. The fourth-order valence-corrected chi connectivity index (χ4v) is 4.62. The molecule has 35 heavy (non-hydrogen) atoms. The van der Waals surface area contributed by atoms with Gasteiger partial charge in [0.1, 0.15) is 5.75 Å². The first-order valence-corrected chi connectivity index (χ1v) is 12.7. The summed E-state index contributed by atoms with van der Waals surface area (Å²) in [4.78, 5) is 15.5. The van der Waals surface area contributed by atoms with Gasteiger partial charge in [0.25, 0.3) is 0 Å². The average Bonchev–Trinajstić information content (AvgIpc) is 2.87. The molecule has 0 saturated carbocycles. The molecule has 0 radical (unpaired) electrons. The molecule has 1 aromatic carbocycles. The molecule has 1 aromatic rings. The van der Waals surface area contributed by atoms with Gasteiger partial charge in [0.15, 0.2) is 11.5 Å². The van der Waals surface area contributed by atoms with Crippen LogP contribution in [-0.2, 0) is 4.79 Å². The minimum atomic E-state index is -0.451. The van der Waals surface area contributed by atoms with Crippen LogP contribution < -0.4 is 24.3 Å². The molecule has 194 valence electrons. The summed E-state index contributed by atoms with van der Waals surface area (Å²) in [6.07, 6.45) is 12.7. The van der Waals surface area contributed by atoms with Crippen LogP contribution in [0.3, 0.4) is 0 Å². The molecule has 7 heteroatoms. The summed E-state index contributed by atoms with van der Waals surface area (Å²) in [6.45, 7) is 7.60. The summed E-state index contributed by atoms with van der Waals surface area (Å²) in [5, 5.41) is 3.30. The lowest BCUT2D eigenvalue weighted by molar-refractivity contribution is -0.130. The van der Waals surface area contributed by atoms with E-state index in [1.165, 1.54) is 5.57 Å². The maximum Gasteiger partial charge on any atom is 0.225 e. The summed E-state index contributed by atoms with van der Waals surface area (Å²) in [5.74, 6) is 2.42. The Kier molecular flexibility index (Phi) is 9.90. The number of benzene rings is 1. The van der Waals surface area contributed by atoms with Crippen LogP contribution in [0.5, 0.6) is 23.0 Å². The first kappa shape index (κ1) is 26.9. The Bertz CT molecular complexity index is 876. The maximum atomic E-state index is 13.0. The number of carbonyl (C=O) groups excluding carboxylic acids is 1. The SMILES string of the molecule is COc1cc(OCCCC(C)(C)C(=O)NC2CCN(CC3=CCCC=C3)CC2)cc(OC)c1OC. The van der Waals surface area contributed by atoms with Gasteiger partial charge in [0.05, 0.1) is 27.9 Å². The Balaban J connectivity index is 1.40. The van der Waals surface area contributed by atoms with Crippen molar-refractivity contribution in [2.45, 2.75) is 58.4 Å². The van der Waals surface area contributed by atoms with E-state index in [1.54, 1.807) is 33.5 Å². The third-order valence-electron chi connectivity index (χ3n) is 6.87. The van der Waals surface area contributed by atoms with E-state index in [0.29, 0.717) is 29.6 Å². The highest BCUT2D eigenvalue weighted by Crippen LogP contribution is 2.40. The third kappa shape index (κ3) is 7.66. The number of piperidine rings is 1. The quantitative estimate of drug-likeness (QED) is 0.430. The number of likely N-dealkylation sites (tertiary alicyclic amines) is 1. The van der Waals surface area contributed by atoms with Crippen molar-refractivity contribution >= 4 is 5.91 Å². The molecule has 0 bridgehead atoms. The number of carbonyl (C=O) groups is 1. The molecule has 3 rings (SSSR count). The molecule has 1 amide bonds. The van der Waals surface area contributed by atoms with Crippen LogP contribution in [0.2, 0.25) is 0 Å². The summed E-state index contributed by atoms with van der Waals surface area (Å²) in [7, 11) is 4.74. The van der Waals surface area contributed by atoms with E-state index >= 15 is 0 Å². The molecule has 1 heterocycles. The fraction of sp³-hybridized carbons (Fsp3) is 0.607. The number of hydrogen-bond acceptors (Lipinski definition) is 6. The topological polar surface area (TPSA) is 69.3 Å². The third-order valence-corrected chi connectivity index (χ3v) is 6.87. The van der Waals surface area contributed by atoms with Crippen molar-refractivity contribution in [1.82, 2.24) is 10.2 Å². The number of hydrogen-bond donors (Lipinski definition) is 1. The van der Waals surface area contributed by atoms with Crippen molar-refractivity contribution in [3.63, 3.8) is 0 Å². The number of allylic oxidation sites excluding steroid dienone is 2. The number of nitrogens with zero attached hydrogens (tertiary/aromatic N) is 1. The number of rotatable bonds is 12. The molecule has 2 aliphatic rings. The Morgan fingerprint density at radius 1 is 1.06 bits per heavy atom. The largest absolute Gasteiger partial charge is 0.493 e. The van der Waals surface area contributed by atoms with Crippen molar-refractivity contribution in [2.24, 2.45) is 5.41 Å². The van der Waals surface area contributed by atoms with Gasteiger partial charge in [-0.15, -0.1) is 0 Å².